The fourth-order valence-corrected chi connectivity index (χ4v) is 12.2. The number of hydrogen-bond acceptors (Lipinski definition) is 8. The second-order valence-corrected chi connectivity index (χ2v) is 17.8. The highest BCUT2D eigenvalue weighted by Gasteiger charge is 2.70. The molecule has 5 aliphatic carbocycles. The molecule has 1 heterocycles. The summed E-state index contributed by atoms with van der Waals surface area (Å²) in [6.07, 6.45) is 6.00. The number of esters is 1. The highest BCUT2D eigenvalue weighted by molar-refractivity contribution is 5.76. The summed E-state index contributed by atoms with van der Waals surface area (Å²) in [4.78, 5) is 24.6. The van der Waals surface area contributed by atoms with E-state index >= 15 is 0 Å². The Bertz CT molecular complexity index is 1260. The smallest absolute Gasteiger partial charge is 0.310 e. The maximum atomic E-state index is 13.0. The van der Waals surface area contributed by atoms with Gasteiger partial charge in [0.25, 0.3) is 0 Å². The van der Waals surface area contributed by atoms with Crippen LogP contribution in [-0.2, 0) is 23.8 Å². The molecule has 46 heavy (non-hydrogen) atoms. The van der Waals surface area contributed by atoms with E-state index in [0.29, 0.717) is 12.3 Å². The second kappa shape index (κ2) is 11.3. The van der Waals surface area contributed by atoms with Crippen LogP contribution in [0.5, 0.6) is 0 Å². The van der Waals surface area contributed by atoms with E-state index < -0.39 is 53.5 Å². The molecule has 0 spiro atoms. The van der Waals surface area contributed by atoms with Gasteiger partial charge >= 0.3 is 11.9 Å². The standard InChI is InChI=1S/C37H58O9/c1-21(39)45-29-24(40)19-44-30(28(29)41)46-27-11-12-33(4)25(34(27,5)20-38)10-13-36(7)26(33)9-8-22-23-18-32(2,3)14-16-37(23,31(42)43)17-15-35(22,36)6/h8,23-30,38,40-41H,9-20H2,1-7H3,(H,42,43). The first-order valence-corrected chi connectivity index (χ1v) is 17.7. The minimum Gasteiger partial charge on any atom is -0.481 e. The molecule has 260 valence electrons. The molecule has 0 aromatic carbocycles. The van der Waals surface area contributed by atoms with Crippen molar-refractivity contribution < 1.29 is 44.2 Å². The number of carboxylic acid groups (broad SMARTS) is 1. The van der Waals surface area contributed by atoms with E-state index in [0.717, 1.165) is 57.8 Å². The monoisotopic (exact) mass is 646 g/mol. The summed E-state index contributed by atoms with van der Waals surface area (Å²) in [5.74, 6) is -0.616. The molecule has 0 radical (unpaired) electrons. The van der Waals surface area contributed by atoms with Crippen molar-refractivity contribution in [3.8, 4) is 0 Å². The molecular weight excluding hydrogens is 588 g/mol. The lowest BCUT2D eigenvalue weighted by Crippen LogP contribution is -2.66. The molecule has 0 bridgehead atoms. The number of ether oxygens (including phenoxy) is 3. The Hall–Kier alpha value is -1.52. The quantitative estimate of drug-likeness (QED) is 0.179. The topological polar surface area (TPSA) is 143 Å². The molecule has 13 atom stereocenters. The Morgan fingerprint density at radius 1 is 0.957 bits per heavy atom. The molecule has 9 heteroatoms. The van der Waals surface area contributed by atoms with Crippen molar-refractivity contribution in [1.29, 1.82) is 0 Å². The SMILES string of the molecule is CC(=O)OC1C(O)COC(OC2CCC3(C)C(CCC4(C)C3CC=C3C5CC(C)(C)CCC5(C(=O)O)CCC34C)C2(C)CO)C1O. The maximum absolute atomic E-state index is 13.0. The molecule has 6 rings (SSSR count). The van der Waals surface area contributed by atoms with E-state index in [9.17, 15) is 30.0 Å². The van der Waals surface area contributed by atoms with E-state index in [1.165, 1.54) is 12.5 Å². The summed E-state index contributed by atoms with van der Waals surface area (Å²) in [7, 11) is 0. The summed E-state index contributed by atoms with van der Waals surface area (Å²) in [6, 6.07) is 0. The zero-order chi connectivity index (χ0) is 33.7. The van der Waals surface area contributed by atoms with E-state index in [2.05, 4.69) is 47.6 Å². The van der Waals surface area contributed by atoms with Crippen molar-refractivity contribution in [2.75, 3.05) is 13.2 Å². The molecular formula is C37H58O9. The highest BCUT2D eigenvalue weighted by Crippen LogP contribution is 2.76. The molecule has 4 N–H and O–H groups in total. The lowest BCUT2D eigenvalue weighted by atomic mass is 9.33. The van der Waals surface area contributed by atoms with Gasteiger partial charge in [-0.15, -0.1) is 0 Å². The normalized spacial score (nSPS) is 51.4. The van der Waals surface area contributed by atoms with Crippen molar-refractivity contribution in [2.24, 2.45) is 50.2 Å². The van der Waals surface area contributed by atoms with Crippen molar-refractivity contribution in [1.82, 2.24) is 0 Å². The number of carbonyl (C=O) groups is 2. The number of rotatable bonds is 5. The number of hydrogen-bond donors (Lipinski definition) is 4. The molecule has 9 nitrogen and oxygen atoms in total. The number of carbonyl (C=O) groups excluding carboxylic acids is 1. The van der Waals surface area contributed by atoms with Gasteiger partial charge in [-0.3, -0.25) is 9.59 Å². The number of aliphatic hydroxyl groups is 3. The average molecular weight is 647 g/mol. The Labute approximate surface area is 274 Å². The van der Waals surface area contributed by atoms with Crippen LogP contribution in [0.25, 0.3) is 0 Å². The molecule has 1 aliphatic heterocycles. The van der Waals surface area contributed by atoms with Crippen molar-refractivity contribution in [3.63, 3.8) is 0 Å². The molecule has 6 aliphatic rings. The van der Waals surface area contributed by atoms with Gasteiger partial charge in [-0.25, -0.2) is 0 Å². The first-order valence-electron chi connectivity index (χ1n) is 17.7. The van der Waals surface area contributed by atoms with Gasteiger partial charge in [-0.05, 0) is 104 Å². The third-order valence-electron chi connectivity index (χ3n) is 15.2. The number of fused-ring (bicyclic) bond motifs is 7. The van der Waals surface area contributed by atoms with Crippen LogP contribution in [-0.4, -0.2) is 76.3 Å². The lowest BCUT2D eigenvalue weighted by molar-refractivity contribution is -0.313. The fourth-order valence-electron chi connectivity index (χ4n) is 12.2. The van der Waals surface area contributed by atoms with Crippen LogP contribution >= 0.6 is 0 Å². The zero-order valence-electron chi connectivity index (χ0n) is 29.0. The zero-order valence-corrected chi connectivity index (χ0v) is 29.0. The molecule has 0 aromatic rings. The Balaban J connectivity index is 1.29. The second-order valence-electron chi connectivity index (χ2n) is 17.8. The Morgan fingerprint density at radius 3 is 2.30 bits per heavy atom. The van der Waals surface area contributed by atoms with Crippen LogP contribution in [0.1, 0.15) is 113 Å². The third-order valence-corrected chi connectivity index (χ3v) is 15.2. The van der Waals surface area contributed by atoms with Crippen molar-refractivity contribution >= 4 is 11.9 Å². The van der Waals surface area contributed by atoms with Gasteiger partial charge < -0.3 is 34.6 Å². The van der Waals surface area contributed by atoms with Gasteiger partial charge in [-0.2, -0.15) is 0 Å². The van der Waals surface area contributed by atoms with E-state index in [1.807, 2.05) is 0 Å². The van der Waals surface area contributed by atoms with Gasteiger partial charge in [-0.1, -0.05) is 53.2 Å². The van der Waals surface area contributed by atoms with Crippen LogP contribution < -0.4 is 0 Å². The summed E-state index contributed by atoms with van der Waals surface area (Å²) >= 11 is 0. The van der Waals surface area contributed by atoms with Gasteiger partial charge in [0.15, 0.2) is 12.4 Å². The first-order chi connectivity index (χ1) is 21.4. The molecule has 0 aromatic heterocycles. The van der Waals surface area contributed by atoms with Crippen molar-refractivity contribution in [2.45, 2.75) is 143 Å². The minimum atomic E-state index is -1.35. The number of aliphatic hydroxyl groups excluding tert-OH is 3. The predicted molar refractivity (Wildman–Crippen MR) is 170 cm³/mol. The number of aliphatic carboxylic acids is 1. The average Bonchev–Trinajstić information content (AvgIpc) is 2.97. The van der Waals surface area contributed by atoms with Gasteiger partial charge in [0.2, 0.25) is 0 Å². The Kier molecular flexibility index (Phi) is 8.41. The molecule has 5 fully saturated rings. The van der Waals surface area contributed by atoms with Crippen LogP contribution in [0.4, 0.5) is 0 Å². The largest absolute Gasteiger partial charge is 0.481 e. The molecule has 13 unspecified atom stereocenters. The van der Waals surface area contributed by atoms with Crippen molar-refractivity contribution in [3.05, 3.63) is 11.6 Å². The summed E-state index contributed by atoms with van der Waals surface area (Å²) in [5.41, 5.74) is 0.0952. The van der Waals surface area contributed by atoms with Crippen LogP contribution in [0, 0.1) is 50.2 Å². The summed E-state index contributed by atoms with van der Waals surface area (Å²) in [6.45, 7) is 15.1. The fraction of sp³-hybridized carbons (Fsp3) is 0.892. The molecule has 4 saturated carbocycles. The minimum absolute atomic E-state index is 0.00525. The van der Waals surface area contributed by atoms with E-state index in [4.69, 9.17) is 14.2 Å². The van der Waals surface area contributed by atoms with E-state index in [-0.39, 0.29) is 46.7 Å². The molecule has 0 amide bonds. The highest BCUT2D eigenvalue weighted by atomic mass is 16.7. The number of allylic oxidation sites excluding steroid dienone is 2. The van der Waals surface area contributed by atoms with Gasteiger partial charge in [0.1, 0.15) is 12.2 Å². The first kappa shape index (κ1) is 34.3. The van der Waals surface area contributed by atoms with Gasteiger partial charge in [0, 0.05) is 12.3 Å². The predicted octanol–water partition coefficient (Wildman–Crippen LogP) is 5.24. The van der Waals surface area contributed by atoms with Crippen LogP contribution in [0.3, 0.4) is 0 Å². The summed E-state index contributed by atoms with van der Waals surface area (Å²) in [5, 5.41) is 43.1. The van der Waals surface area contributed by atoms with Gasteiger partial charge in [0.05, 0.1) is 24.7 Å². The van der Waals surface area contributed by atoms with Crippen LogP contribution in [0.15, 0.2) is 11.6 Å². The third kappa shape index (κ3) is 4.79. The summed E-state index contributed by atoms with van der Waals surface area (Å²) < 4.78 is 17.4. The lowest BCUT2D eigenvalue weighted by Gasteiger charge is -2.71. The van der Waals surface area contributed by atoms with E-state index in [1.54, 1.807) is 0 Å². The molecule has 1 saturated heterocycles. The Morgan fingerprint density at radius 2 is 1.65 bits per heavy atom. The number of carboxylic acids is 1. The van der Waals surface area contributed by atoms with Crippen LogP contribution in [0.2, 0.25) is 0 Å². The maximum Gasteiger partial charge on any atom is 0.310 e.